The number of carbonyl (C=O) groups excluding carboxylic acids is 1. The van der Waals surface area contributed by atoms with E-state index in [1.54, 1.807) is 0 Å². The summed E-state index contributed by atoms with van der Waals surface area (Å²) in [5.41, 5.74) is 0. The van der Waals surface area contributed by atoms with Crippen LogP contribution in [-0.4, -0.2) is 10.4 Å². The molecule has 1 rings (SSSR count). The van der Waals surface area contributed by atoms with Crippen molar-refractivity contribution in [3.05, 3.63) is 0 Å². The van der Waals surface area contributed by atoms with Crippen LogP contribution in [0.4, 0.5) is 0 Å². The molecule has 0 amide bonds. The zero-order valence-corrected chi connectivity index (χ0v) is 4.42. The maximum atomic E-state index is 10.1. The minimum atomic E-state index is 0.350. The SMILES string of the molecule is CC1CC(=O)S1. The van der Waals surface area contributed by atoms with Gasteiger partial charge in [0.25, 0.3) is 0 Å². The topological polar surface area (TPSA) is 17.1 Å². The molecule has 0 aromatic rings. The minimum absolute atomic E-state index is 0.350. The van der Waals surface area contributed by atoms with Crippen LogP contribution in [0.1, 0.15) is 13.3 Å². The summed E-state index contributed by atoms with van der Waals surface area (Å²) in [5, 5.41) is 0.958. The highest BCUT2D eigenvalue weighted by atomic mass is 32.2. The Hall–Kier alpha value is 0.0200. The summed E-state index contributed by atoms with van der Waals surface area (Å²) in [5.74, 6) is 0. The van der Waals surface area contributed by atoms with Gasteiger partial charge in [-0.1, -0.05) is 18.7 Å². The number of hydrogen-bond donors (Lipinski definition) is 0. The van der Waals surface area contributed by atoms with E-state index in [1.807, 2.05) is 0 Å². The molecule has 0 N–H and O–H groups in total. The van der Waals surface area contributed by atoms with E-state index in [0.29, 0.717) is 10.4 Å². The first-order chi connectivity index (χ1) is 2.79. The lowest BCUT2D eigenvalue weighted by atomic mass is 10.3. The lowest BCUT2D eigenvalue weighted by Crippen LogP contribution is -2.16. The first-order valence-corrected chi connectivity index (χ1v) is 2.86. The van der Waals surface area contributed by atoms with Crippen LogP contribution in [0.2, 0.25) is 0 Å². The summed E-state index contributed by atoms with van der Waals surface area (Å²) in [6.07, 6.45) is 0.796. The third-order valence-corrected chi connectivity index (χ3v) is 1.79. The molecule has 0 aromatic carbocycles. The number of carbonyl (C=O) groups is 1. The van der Waals surface area contributed by atoms with E-state index in [2.05, 4.69) is 6.92 Å². The fourth-order valence-electron chi connectivity index (χ4n) is 0.449. The second-order valence-corrected chi connectivity index (χ2v) is 3.00. The Morgan fingerprint density at radius 3 is 2.50 bits per heavy atom. The molecule has 1 unspecified atom stereocenters. The molecule has 0 aromatic heterocycles. The molecule has 1 atom stereocenters. The summed E-state index contributed by atoms with van der Waals surface area (Å²) in [6.45, 7) is 2.06. The van der Waals surface area contributed by atoms with E-state index in [1.165, 1.54) is 11.8 Å². The van der Waals surface area contributed by atoms with Crippen LogP contribution >= 0.6 is 11.8 Å². The fourth-order valence-corrected chi connectivity index (χ4v) is 1.18. The Bertz CT molecular complexity index is 71.6. The van der Waals surface area contributed by atoms with Gasteiger partial charge < -0.3 is 0 Å². The van der Waals surface area contributed by atoms with Crippen molar-refractivity contribution < 1.29 is 4.79 Å². The molecule has 0 radical (unpaired) electrons. The van der Waals surface area contributed by atoms with Gasteiger partial charge in [-0.05, 0) is 0 Å². The van der Waals surface area contributed by atoms with Gasteiger partial charge in [0, 0.05) is 11.7 Å². The molecule has 1 heterocycles. The van der Waals surface area contributed by atoms with Crippen molar-refractivity contribution in [3.63, 3.8) is 0 Å². The molecule has 0 saturated carbocycles. The second kappa shape index (κ2) is 1.26. The molecule has 1 aliphatic rings. The van der Waals surface area contributed by atoms with Gasteiger partial charge in [-0.25, -0.2) is 0 Å². The van der Waals surface area contributed by atoms with E-state index < -0.39 is 0 Å². The van der Waals surface area contributed by atoms with Gasteiger partial charge in [0.15, 0.2) is 5.12 Å². The number of rotatable bonds is 0. The predicted octanol–water partition coefficient (Wildman–Crippen LogP) is 1.04. The molecule has 1 aliphatic heterocycles. The van der Waals surface area contributed by atoms with E-state index >= 15 is 0 Å². The van der Waals surface area contributed by atoms with E-state index in [-0.39, 0.29) is 0 Å². The molecule has 6 heavy (non-hydrogen) atoms. The third kappa shape index (κ3) is 0.570. The summed E-state index contributed by atoms with van der Waals surface area (Å²) in [7, 11) is 0. The van der Waals surface area contributed by atoms with Crippen LogP contribution in [0.25, 0.3) is 0 Å². The first kappa shape index (κ1) is 4.19. The van der Waals surface area contributed by atoms with Crippen molar-refractivity contribution in [2.45, 2.75) is 18.6 Å². The monoisotopic (exact) mass is 102 g/mol. The molecule has 1 saturated heterocycles. The van der Waals surface area contributed by atoms with Gasteiger partial charge in [-0.2, -0.15) is 0 Å². The molecule has 0 spiro atoms. The van der Waals surface area contributed by atoms with Crippen molar-refractivity contribution in [3.8, 4) is 0 Å². The maximum absolute atomic E-state index is 10.1. The zero-order valence-electron chi connectivity index (χ0n) is 3.60. The third-order valence-electron chi connectivity index (χ3n) is 0.787. The standard InChI is InChI=1S/C4H6OS/c1-3-2-4(5)6-3/h3H,2H2,1H3. The molecular formula is C4H6OS. The van der Waals surface area contributed by atoms with Crippen LogP contribution in [0, 0.1) is 0 Å². The highest BCUT2D eigenvalue weighted by Gasteiger charge is 2.21. The van der Waals surface area contributed by atoms with Gasteiger partial charge in [-0.3, -0.25) is 4.79 Å². The average molecular weight is 102 g/mol. The highest BCUT2D eigenvalue weighted by molar-refractivity contribution is 8.16. The van der Waals surface area contributed by atoms with Crippen molar-refractivity contribution in [2.24, 2.45) is 0 Å². The Morgan fingerprint density at radius 2 is 2.50 bits per heavy atom. The molecule has 34 valence electrons. The maximum Gasteiger partial charge on any atom is 0.190 e. The highest BCUT2D eigenvalue weighted by Crippen LogP contribution is 2.28. The summed E-state index contributed by atoms with van der Waals surface area (Å²) in [6, 6.07) is 0. The Morgan fingerprint density at radius 1 is 2.00 bits per heavy atom. The smallest absolute Gasteiger partial charge is 0.190 e. The largest absolute Gasteiger partial charge is 0.287 e. The van der Waals surface area contributed by atoms with Crippen molar-refractivity contribution in [2.75, 3.05) is 0 Å². The van der Waals surface area contributed by atoms with Gasteiger partial charge in [0.2, 0.25) is 0 Å². The summed E-state index contributed by atoms with van der Waals surface area (Å²) >= 11 is 1.44. The van der Waals surface area contributed by atoms with Crippen LogP contribution in [-0.2, 0) is 4.79 Å². The predicted molar refractivity (Wildman–Crippen MR) is 26.7 cm³/mol. The van der Waals surface area contributed by atoms with Crippen LogP contribution in [0.15, 0.2) is 0 Å². The quantitative estimate of drug-likeness (QED) is 0.454. The van der Waals surface area contributed by atoms with Gasteiger partial charge in [-0.15, -0.1) is 0 Å². The number of thioether (sulfide) groups is 1. The van der Waals surface area contributed by atoms with Crippen molar-refractivity contribution >= 4 is 16.9 Å². The Labute approximate surface area is 41.1 Å². The lowest BCUT2D eigenvalue weighted by Gasteiger charge is -2.16. The normalized spacial score (nSPS) is 32.8. The van der Waals surface area contributed by atoms with Crippen LogP contribution < -0.4 is 0 Å². The summed E-state index contributed by atoms with van der Waals surface area (Å²) in [4.78, 5) is 10.1. The van der Waals surface area contributed by atoms with E-state index in [4.69, 9.17) is 0 Å². The van der Waals surface area contributed by atoms with Crippen molar-refractivity contribution in [1.29, 1.82) is 0 Å². The number of hydrogen-bond acceptors (Lipinski definition) is 2. The van der Waals surface area contributed by atoms with E-state index in [0.717, 1.165) is 6.42 Å². The molecule has 2 heteroatoms. The average Bonchev–Trinajstić information content (AvgIpc) is 1.33. The Balaban J connectivity index is 2.28. The second-order valence-electron chi connectivity index (χ2n) is 1.50. The van der Waals surface area contributed by atoms with Gasteiger partial charge in [0.1, 0.15) is 0 Å². The van der Waals surface area contributed by atoms with Crippen molar-refractivity contribution in [1.82, 2.24) is 0 Å². The molecule has 1 nitrogen and oxygen atoms in total. The molecule has 0 aliphatic carbocycles. The van der Waals surface area contributed by atoms with E-state index in [9.17, 15) is 4.79 Å². The minimum Gasteiger partial charge on any atom is -0.287 e. The van der Waals surface area contributed by atoms with Gasteiger partial charge in [0.05, 0.1) is 0 Å². The Kier molecular flexibility index (Phi) is 0.880. The lowest BCUT2D eigenvalue weighted by molar-refractivity contribution is -0.112. The summed E-state index contributed by atoms with van der Waals surface area (Å²) < 4.78 is 0. The molecule has 0 bridgehead atoms. The molecular weight excluding hydrogens is 96.1 g/mol. The zero-order chi connectivity index (χ0) is 4.57. The molecule has 1 fully saturated rings. The van der Waals surface area contributed by atoms with Crippen LogP contribution in [0.3, 0.4) is 0 Å². The first-order valence-electron chi connectivity index (χ1n) is 1.98. The van der Waals surface area contributed by atoms with Gasteiger partial charge >= 0.3 is 0 Å². The fraction of sp³-hybridized carbons (Fsp3) is 0.750. The van der Waals surface area contributed by atoms with Crippen LogP contribution in [0.5, 0.6) is 0 Å².